The largest absolute Gasteiger partial charge is 0.336 e. The van der Waals surface area contributed by atoms with E-state index in [-0.39, 0.29) is 0 Å². The third kappa shape index (κ3) is 2.30. The molecular weight excluding hydrogens is 278 g/mol. The van der Waals surface area contributed by atoms with Gasteiger partial charge in [0.15, 0.2) is 0 Å². The summed E-state index contributed by atoms with van der Waals surface area (Å²) >= 11 is 0. The van der Waals surface area contributed by atoms with Gasteiger partial charge in [-0.15, -0.1) is 0 Å². The van der Waals surface area contributed by atoms with Crippen molar-refractivity contribution in [3.8, 4) is 0 Å². The third-order valence-corrected chi connectivity index (χ3v) is 5.56. The molecule has 1 saturated carbocycles. The van der Waals surface area contributed by atoms with Crippen LogP contribution in [0.4, 0.5) is 0 Å². The van der Waals surface area contributed by atoms with Gasteiger partial charge in [0, 0.05) is 23.0 Å². The van der Waals surface area contributed by atoms with Gasteiger partial charge in [-0.2, -0.15) is 0 Å². The number of para-hydroxylation sites is 1. The van der Waals surface area contributed by atoms with Crippen molar-refractivity contribution < 1.29 is 0 Å². The van der Waals surface area contributed by atoms with Crippen molar-refractivity contribution in [1.29, 1.82) is 0 Å². The van der Waals surface area contributed by atoms with Gasteiger partial charge in [0.1, 0.15) is 0 Å². The number of rotatable bonds is 2. The number of nitrogens with zero attached hydrogens (tertiary/aromatic N) is 1. The monoisotopic (exact) mass is 303 g/mol. The average Bonchev–Trinajstić information content (AvgIpc) is 2.81. The molecule has 0 atom stereocenters. The first-order valence-corrected chi connectivity index (χ1v) is 8.92. The molecule has 118 valence electrons. The van der Waals surface area contributed by atoms with Crippen molar-refractivity contribution in [3.05, 3.63) is 65.9 Å². The summed E-state index contributed by atoms with van der Waals surface area (Å²) in [6.45, 7) is 7.30. The van der Waals surface area contributed by atoms with Gasteiger partial charge in [0.2, 0.25) is 0 Å². The SMILES string of the molecule is C=CC1=C(C)C=CCn2c1c(C1CCCCC1)c1ccccc12. The molecule has 1 aliphatic carbocycles. The zero-order chi connectivity index (χ0) is 15.8. The number of fused-ring (bicyclic) bond motifs is 3. The second-order valence-electron chi connectivity index (χ2n) is 6.93. The van der Waals surface area contributed by atoms with E-state index in [1.807, 2.05) is 0 Å². The van der Waals surface area contributed by atoms with Gasteiger partial charge in [0.05, 0.1) is 5.69 Å². The predicted molar refractivity (Wildman–Crippen MR) is 99.7 cm³/mol. The Morgan fingerprint density at radius 1 is 1.13 bits per heavy atom. The van der Waals surface area contributed by atoms with E-state index in [2.05, 4.69) is 60.6 Å². The van der Waals surface area contributed by atoms with E-state index < -0.39 is 0 Å². The normalized spacial score (nSPS) is 19.0. The molecule has 2 heterocycles. The molecule has 4 rings (SSSR count). The quantitative estimate of drug-likeness (QED) is 0.620. The molecule has 0 radical (unpaired) electrons. The second kappa shape index (κ2) is 5.88. The summed E-state index contributed by atoms with van der Waals surface area (Å²) in [5, 5.41) is 1.46. The summed E-state index contributed by atoms with van der Waals surface area (Å²) < 4.78 is 2.50. The predicted octanol–water partition coefficient (Wildman–Crippen LogP) is 6.22. The molecule has 0 amide bonds. The minimum Gasteiger partial charge on any atom is -0.336 e. The maximum atomic E-state index is 4.13. The van der Waals surface area contributed by atoms with Crippen molar-refractivity contribution in [2.75, 3.05) is 0 Å². The Kier molecular flexibility index (Phi) is 3.72. The van der Waals surface area contributed by atoms with Crippen LogP contribution in [0.1, 0.15) is 56.2 Å². The summed E-state index contributed by atoms with van der Waals surface area (Å²) in [6, 6.07) is 8.95. The molecule has 1 aromatic carbocycles. The Morgan fingerprint density at radius 3 is 2.70 bits per heavy atom. The lowest BCUT2D eigenvalue weighted by Crippen LogP contribution is -2.08. The van der Waals surface area contributed by atoms with E-state index >= 15 is 0 Å². The van der Waals surface area contributed by atoms with E-state index in [1.54, 1.807) is 5.56 Å². The molecule has 23 heavy (non-hydrogen) atoms. The van der Waals surface area contributed by atoms with E-state index in [0.717, 1.165) is 6.54 Å². The van der Waals surface area contributed by atoms with E-state index in [0.29, 0.717) is 5.92 Å². The zero-order valence-electron chi connectivity index (χ0n) is 14.0. The molecule has 0 unspecified atom stereocenters. The lowest BCUT2D eigenvalue weighted by molar-refractivity contribution is 0.444. The van der Waals surface area contributed by atoms with Gasteiger partial charge >= 0.3 is 0 Å². The number of benzene rings is 1. The molecule has 1 aromatic heterocycles. The van der Waals surface area contributed by atoms with E-state index in [1.165, 1.54) is 59.8 Å². The van der Waals surface area contributed by atoms with Crippen LogP contribution in [0.25, 0.3) is 16.5 Å². The Bertz CT molecular complexity index is 810. The number of hydrogen-bond donors (Lipinski definition) is 0. The van der Waals surface area contributed by atoms with E-state index in [4.69, 9.17) is 0 Å². The van der Waals surface area contributed by atoms with Crippen molar-refractivity contribution >= 4 is 16.5 Å². The lowest BCUT2D eigenvalue weighted by atomic mass is 9.81. The summed E-state index contributed by atoms with van der Waals surface area (Å²) in [5.74, 6) is 0.700. The highest BCUT2D eigenvalue weighted by Crippen LogP contribution is 2.43. The maximum Gasteiger partial charge on any atom is 0.0532 e. The van der Waals surface area contributed by atoms with Gasteiger partial charge in [-0.25, -0.2) is 0 Å². The molecule has 1 heteroatoms. The smallest absolute Gasteiger partial charge is 0.0532 e. The lowest BCUT2D eigenvalue weighted by Gasteiger charge is -2.24. The van der Waals surface area contributed by atoms with Crippen LogP contribution in [0.3, 0.4) is 0 Å². The van der Waals surface area contributed by atoms with Gasteiger partial charge in [-0.1, -0.05) is 62.3 Å². The molecule has 2 aromatic rings. The minimum atomic E-state index is 0.700. The summed E-state index contributed by atoms with van der Waals surface area (Å²) in [6.07, 6.45) is 13.4. The third-order valence-electron chi connectivity index (χ3n) is 5.56. The van der Waals surface area contributed by atoms with Gasteiger partial charge in [-0.05, 0) is 42.9 Å². The van der Waals surface area contributed by atoms with Crippen LogP contribution in [0.5, 0.6) is 0 Å². The Morgan fingerprint density at radius 2 is 1.91 bits per heavy atom. The molecule has 0 spiro atoms. The number of hydrogen-bond acceptors (Lipinski definition) is 0. The summed E-state index contributed by atoms with van der Waals surface area (Å²) in [5.41, 5.74) is 7.03. The van der Waals surface area contributed by atoms with Crippen molar-refractivity contribution in [2.45, 2.75) is 51.5 Å². The van der Waals surface area contributed by atoms with Gasteiger partial charge in [0.25, 0.3) is 0 Å². The van der Waals surface area contributed by atoms with Crippen LogP contribution >= 0.6 is 0 Å². The summed E-state index contributed by atoms with van der Waals surface area (Å²) in [4.78, 5) is 0. The Balaban J connectivity index is 2.05. The van der Waals surface area contributed by atoms with Crippen LogP contribution < -0.4 is 0 Å². The van der Waals surface area contributed by atoms with Crippen LogP contribution in [-0.2, 0) is 6.54 Å². The fraction of sp³-hybridized carbons (Fsp3) is 0.364. The van der Waals surface area contributed by atoms with Crippen molar-refractivity contribution in [2.24, 2.45) is 0 Å². The first kappa shape index (κ1) is 14.6. The Hall–Kier alpha value is -2.02. The Labute approximate surface area is 139 Å². The molecule has 1 nitrogen and oxygen atoms in total. The number of allylic oxidation sites excluding steroid dienone is 5. The highest BCUT2D eigenvalue weighted by Gasteiger charge is 2.27. The van der Waals surface area contributed by atoms with Crippen LogP contribution in [-0.4, -0.2) is 4.57 Å². The van der Waals surface area contributed by atoms with Crippen molar-refractivity contribution in [3.63, 3.8) is 0 Å². The molecule has 1 fully saturated rings. The topological polar surface area (TPSA) is 4.93 Å². The van der Waals surface area contributed by atoms with Crippen molar-refractivity contribution in [1.82, 2.24) is 4.57 Å². The van der Waals surface area contributed by atoms with Crippen LogP contribution in [0.2, 0.25) is 0 Å². The first-order valence-electron chi connectivity index (χ1n) is 8.92. The highest BCUT2D eigenvalue weighted by atomic mass is 15.0. The molecule has 1 aliphatic heterocycles. The fourth-order valence-electron chi connectivity index (χ4n) is 4.48. The maximum absolute atomic E-state index is 4.13. The first-order chi connectivity index (χ1) is 11.3. The molecule has 0 bridgehead atoms. The van der Waals surface area contributed by atoms with Gasteiger partial charge in [-0.3, -0.25) is 0 Å². The highest BCUT2D eigenvalue weighted by molar-refractivity contribution is 5.93. The average molecular weight is 303 g/mol. The summed E-state index contributed by atoms with van der Waals surface area (Å²) in [7, 11) is 0. The second-order valence-corrected chi connectivity index (χ2v) is 6.93. The molecule has 2 aliphatic rings. The van der Waals surface area contributed by atoms with Gasteiger partial charge < -0.3 is 4.57 Å². The standard InChI is InChI=1S/C22H25N/c1-3-18-16(2)10-9-15-23-20-14-8-7-13-19(20)21(22(18)23)17-11-5-4-6-12-17/h3,7-10,13-14,17H,1,4-6,11-12,15H2,2H3. The fourth-order valence-corrected chi connectivity index (χ4v) is 4.48. The molecule has 0 saturated heterocycles. The number of aromatic nitrogens is 1. The zero-order valence-corrected chi connectivity index (χ0v) is 14.0. The molecular formula is C22H25N. The minimum absolute atomic E-state index is 0.700. The van der Waals surface area contributed by atoms with Crippen LogP contribution in [0.15, 0.2) is 54.6 Å². The van der Waals surface area contributed by atoms with E-state index in [9.17, 15) is 0 Å². The van der Waals surface area contributed by atoms with Crippen LogP contribution in [0, 0.1) is 0 Å². The molecule has 0 N–H and O–H groups in total.